The molecular formula is C15H17NO5. The molecule has 6 heteroatoms. The van der Waals surface area contributed by atoms with E-state index in [-0.39, 0.29) is 0 Å². The van der Waals surface area contributed by atoms with Crippen LogP contribution in [0.25, 0.3) is 6.08 Å². The molecule has 1 atom stereocenters. The summed E-state index contributed by atoms with van der Waals surface area (Å²) in [6.45, 7) is 1.95. The number of esters is 1. The number of ether oxygens (including phenoxy) is 1. The molecule has 2 N–H and O–H groups in total. The quantitative estimate of drug-likeness (QED) is 0.605. The summed E-state index contributed by atoms with van der Waals surface area (Å²) < 4.78 is 4.38. The lowest BCUT2D eigenvalue weighted by Gasteiger charge is -2.11. The molecule has 0 heterocycles. The maximum atomic E-state index is 11.7. The highest BCUT2D eigenvalue weighted by Gasteiger charge is 2.22. The number of nitrogens with one attached hydrogen (secondary N) is 1. The van der Waals surface area contributed by atoms with Crippen molar-refractivity contribution in [3.05, 3.63) is 41.5 Å². The summed E-state index contributed by atoms with van der Waals surface area (Å²) in [7, 11) is 1.15. The molecule has 0 saturated heterocycles. The number of methoxy groups -OCH3 is 1. The molecule has 0 unspecified atom stereocenters. The van der Waals surface area contributed by atoms with Gasteiger partial charge in [0.1, 0.15) is 6.04 Å². The number of rotatable bonds is 6. The van der Waals surface area contributed by atoms with E-state index in [0.29, 0.717) is 0 Å². The summed E-state index contributed by atoms with van der Waals surface area (Å²) >= 11 is 0. The van der Waals surface area contributed by atoms with Crippen molar-refractivity contribution < 1.29 is 24.2 Å². The van der Waals surface area contributed by atoms with Gasteiger partial charge in [0.15, 0.2) is 0 Å². The molecule has 112 valence electrons. The fourth-order valence-corrected chi connectivity index (χ4v) is 1.52. The summed E-state index contributed by atoms with van der Waals surface area (Å²) in [6, 6.07) is 6.15. The van der Waals surface area contributed by atoms with Crippen molar-refractivity contribution in [3.63, 3.8) is 0 Å². The molecule has 0 aliphatic rings. The van der Waals surface area contributed by atoms with Gasteiger partial charge in [-0.25, -0.2) is 4.79 Å². The number of amides is 1. The Morgan fingerprint density at radius 1 is 1.29 bits per heavy atom. The molecular weight excluding hydrogens is 274 g/mol. The Morgan fingerprint density at radius 2 is 1.90 bits per heavy atom. The van der Waals surface area contributed by atoms with E-state index in [1.165, 1.54) is 6.08 Å². The molecule has 1 amide bonds. The Labute approximate surface area is 122 Å². The van der Waals surface area contributed by atoms with Crippen LogP contribution in [-0.2, 0) is 19.1 Å². The Hall–Kier alpha value is -2.63. The van der Waals surface area contributed by atoms with E-state index in [2.05, 4.69) is 10.1 Å². The SMILES string of the molecule is COC(=O)C[C@H](NC(=O)C=Cc1ccc(C)cc1)C(=O)O. The fraction of sp³-hybridized carbons (Fsp3) is 0.267. The van der Waals surface area contributed by atoms with Crippen LogP contribution in [0.1, 0.15) is 17.5 Å². The van der Waals surface area contributed by atoms with Crippen LogP contribution in [0.2, 0.25) is 0 Å². The molecule has 0 aliphatic heterocycles. The standard InChI is InChI=1S/C15H17NO5/c1-10-3-5-11(6-4-10)7-8-13(17)16-12(15(19)20)9-14(18)21-2/h3-8,12H,9H2,1-2H3,(H,16,17)(H,19,20)/t12-/m0/s1. The van der Waals surface area contributed by atoms with Crippen LogP contribution in [0.3, 0.4) is 0 Å². The van der Waals surface area contributed by atoms with Crippen molar-refractivity contribution in [1.82, 2.24) is 5.32 Å². The monoisotopic (exact) mass is 291 g/mol. The van der Waals surface area contributed by atoms with Crippen molar-refractivity contribution in [2.75, 3.05) is 7.11 Å². The van der Waals surface area contributed by atoms with Gasteiger partial charge in [0.2, 0.25) is 5.91 Å². The number of carboxylic acids is 1. The van der Waals surface area contributed by atoms with Gasteiger partial charge in [-0.2, -0.15) is 0 Å². The van der Waals surface area contributed by atoms with Crippen molar-refractivity contribution in [3.8, 4) is 0 Å². The Bertz CT molecular complexity index is 548. The Kier molecular flexibility index (Phi) is 6.13. The zero-order valence-corrected chi connectivity index (χ0v) is 11.8. The predicted octanol–water partition coefficient (Wildman–Crippen LogP) is 1.14. The molecule has 0 bridgehead atoms. The van der Waals surface area contributed by atoms with Gasteiger partial charge in [-0.05, 0) is 18.6 Å². The number of hydrogen-bond donors (Lipinski definition) is 2. The molecule has 0 aromatic heterocycles. The number of carbonyl (C=O) groups is 3. The average Bonchev–Trinajstić information content (AvgIpc) is 2.45. The predicted molar refractivity (Wildman–Crippen MR) is 76.4 cm³/mol. The molecule has 0 saturated carbocycles. The third kappa shape index (κ3) is 5.90. The Balaban J connectivity index is 2.63. The van der Waals surface area contributed by atoms with Gasteiger partial charge in [0.25, 0.3) is 0 Å². The van der Waals surface area contributed by atoms with Gasteiger partial charge >= 0.3 is 11.9 Å². The van der Waals surface area contributed by atoms with Crippen molar-refractivity contribution in [2.45, 2.75) is 19.4 Å². The molecule has 6 nitrogen and oxygen atoms in total. The van der Waals surface area contributed by atoms with E-state index in [0.717, 1.165) is 18.2 Å². The van der Waals surface area contributed by atoms with E-state index in [1.54, 1.807) is 6.08 Å². The maximum Gasteiger partial charge on any atom is 0.326 e. The van der Waals surface area contributed by atoms with E-state index in [4.69, 9.17) is 5.11 Å². The van der Waals surface area contributed by atoms with E-state index in [9.17, 15) is 14.4 Å². The minimum absolute atomic E-state index is 0.421. The highest BCUT2D eigenvalue weighted by Crippen LogP contribution is 2.05. The number of aliphatic carboxylic acids is 1. The molecule has 1 rings (SSSR count). The van der Waals surface area contributed by atoms with Gasteiger partial charge < -0.3 is 15.2 Å². The molecule has 0 spiro atoms. The first-order valence-electron chi connectivity index (χ1n) is 6.27. The second-order valence-corrected chi connectivity index (χ2v) is 4.42. The number of carboxylic acid groups (broad SMARTS) is 1. The van der Waals surface area contributed by atoms with Crippen LogP contribution < -0.4 is 5.32 Å². The molecule has 1 aromatic carbocycles. The van der Waals surface area contributed by atoms with Gasteiger partial charge in [0.05, 0.1) is 13.5 Å². The minimum Gasteiger partial charge on any atom is -0.480 e. The first-order valence-corrected chi connectivity index (χ1v) is 6.27. The summed E-state index contributed by atoms with van der Waals surface area (Å²) in [5.41, 5.74) is 1.91. The second kappa shape index (κ2) is 7.84. The Morgan fingerprint density at radius 3 is 2.43 bits per heavy atom. The first kappa shape index (κ1) is 16.4. The third-order valence-electron chi connectivity index (χ3n) is 2.72. The fourth-order valence-electron chi connectivity index (χ4n) is 1.52. The highest BCUT2D eigenvalue weighted by atomic mass is 16.5. The lowest BCUT2D eigenvalue weighted by Crippen LogP contribution is -2.41. The molecule has 21 heavy (non-hydrogen) atoms. The summed E-state index contributed by atoms with van der Waals surface area (Å²) in [5, 5.41) is 11.2. The van der Waals surface area contributed by atoms with Crippen LogP contribution in [0.15, 0.2) is 30.3 Å². The largest absolute Gasteiger partial charge is 0.480 e. The number of aryl methyl sites for hydroxylation is 1. The van der Waals surface area contributed by atoms with Gasteiger partial charge in [0, 0.05) is 6.08 Å². The molecule has 0 aliphatic carbocycles. The van der Waals surface area contributed by atoms with Crippen LogP contribution in [0, 0.1) is 6.92 Å². The summed E-state index contributed by atoms with van der Waals surface area (Å²) in [4.78, 5) is 33.7. The number of benzene rings is 1. The van der Waals surface area contributed by atoms with Crippen molar-refractivity contribution in [1.29, 1.82) is 0 Å². The molecule has 0 fully saturated rings. The second-order valence-electron chi connectivity index (χ2n) is 4.42. The average molecular weight is 291 g/mol. The number of hydrogen-bond acceptors (Lipinski definition) is 4. The van der Waals surface area contributed by atoms with Gasteiger partial charge in [-0.1, -0.05) is 29.8 Å². The van der Waals surface area contributed by atoms with Gasteiger partial charge in [-0.3, -0.25) is 9.59 Å². The van der Waals surface area contributed by atoms with E-state index in [1.807, 2.05) is 31.2 Å². The van der Waals surface area contributed by atoms with Crippen molar-refractivity contribution in [2.24, 2.45) is 0 Å². The van der Waals surface area contributed by atoms with Crippen molar-refractivity contribution >= 4 is 23.9 Å². The van der Waals surface area contributed by atoms with Gasteiger partial charge in [-0.15, -0.1) is 0 Å². The molecule has 0 radical (unpaired) electrons. The zero-order chi connectivity index (χ0) is 15.8. The zero-order valence-electron chi connectivity index (χ0n) is 11.8. The lowest BCUT2D eigenvalue weighted by molar-refractivity contribution is -0.148. The number of carbonyl (C=O) groups excluding carboxylic acids is 2. The smallest absolute Gasteiger partial charge is 0.326 e. The highest BCUT2D eigenvalue weighted by molar-refractivity contribution is 5.95. The van der Waals surface area contributed by atoms with Crippen LogP contribution in [0.4, 0.5) is 0 Å². The minimum atomic E-state index is -1.31. The normalized spacial score (nSPS) is 11.9. The molecule has 1 aromatic rings. The van der Waals surface area contributed by atoms with Crippen LogP contribution in [0.5, 0.6) is 0 Å². The summed E-state index contributed by atoms with van der Waals surface area (Å²) in [6.07, 6.45) is 2.36. The maximum absolute atomic E-state index is 11.7. The van der Waals surface area contributed by atoms with E-state index < -0.39 is 30.3 Å². The third-order valence-corrected chi connectivity index (χ3v) is 2.72. The van der Waals surface area contributed by atoms with Crippen LogP contribution in [-0.4, -0.2) is 36.1 Å². The topological polar surface area (TPSA) is 92.7 Å². The van der Waals surface area contributed by atoms with E-state index >= 15 is 0 Å². The summed E-state index contributed by atoms with van der Waals surface area (Å²) in [5.74, 6) is -2.59. The van der Waals surface area contributed by atoms with Crippen LogP contribution >= 0.6 is 0 Å². The lowest BCUT2D eigenvalue weighted by atomic mass is 10.1. The first-order chi connectivity index (χ1) is 9.92.